The number of rotatable bonds is 8. The summed E-state index contributed by atoms with van der Waals surface area (Å²) < 4.78 is 12.1. The lowest BCUT2D eigenvalue weighted by Gasteiger charge is -2.21. The highest BCUT2D eigenvalue weighted by Gasteiger charge is 2.30. The van der Waals surface area contributed by atoms with Crippen molar-refractivity contribution >= 4 is 55.6 Å². The predicted octanol–water partition coefficient (Wildman–Crippen LogP) is 8.09. The van der Waals surface area contributed by atoms with Crippen molar-refractivity contribution in [2.24, 2.45) is 0 Å². The number of esters is 2. The second-order valence-electron chi connectivity index (χ2n) is 10.2. The lowest BCUT2D eigenvalue weighted by Crippen LogP contribution is -2.21. The largest absolute Gasteiger partial charge is 0.462 e. The molecule has 1 saturated carbocycles. The van der Waals surface area contributed by atoms with E-state index in [-0.39, 0.29) is 24.2 Å². The van der Waals surface area contributed by atoms with Crippen LogP contribution in [0.5, 0.6) is 0 Å². The fourth-order valence-corrected chi connectivity index (χ4v) is 7.35. The summed E-state index contributed by atoms with van der Waals surface area (Å²) in [4.78, 5) is 40.9. The second-order valence-corrected chi connectivity index (χ2v) is 12.2. The number of ether oxygens (including phenoxy) is 2. The smallest absolute Gasteiger partial charge is 0.348 e. The summed E-state index contributed by atoms with van der Waals surface area (Å²) in [6, 6.07) is 16.3. The Morgan fingerprint density at radius 2 is 1.62 bits per heavy atom. The van der Waals surface area contributed by atoms with Gasteiger partial charge in [0.05, 0.1) is 17.0 Å². The van der Waals surface area contributed by atoms with Gasteiger partial charge in [0.2, 0.25) is 0 Å². The first-order chi connectivity index (χ1) is 19.4. The summed E-state index contributed by atoms with van der Waals surface area (Å²) in [5, 5.41) is 4.30. The van der Waals surface area contributed by atoms with Crippen molar-refractivity contribution in [3.63, 3.8) is 0 Å². The van der Waals surface area contributed by atoms with Gasteiger partial charge < -0.3 is 14.8 Å². The molecule has 0 saturated heterocycles. The maximum absolute atomic E-state index is 13.8. The second kappa shape index (κ2) is 12.4. The van der Waals surface area contributed by atoms with Crippen LogP contribution in [0.2, 0.25) is 0 Å². The van der Waals surface area contributed by atoms with Crippen LogP contribution in [0, 0.1) is 13.8 Å². The van der Waals surface area contributed by atoms with Gasteiger partial charge in [-0.05, 0) is 81.0 Å². The standard InChI is InChI=1S/C32H33NO5S2/c1-4-37-31(35)26-20(3)27(32(36)38-22-10-6-5-7-11-22)40-30(26)33-29(34)28-24(18-21-16-14-19(2)15-17-21)23-12-8-9-13-25(23)39-28/h8-9,12-17,22H,4-7,10-11,18H2,1-3H3,(H,33,34). The van der Waals surface area contributed by atoms with Gasteiger partial charge in [0, 0.05) is 4.70 Å². The predicted molar refractivity (Wildman–Crippen MR) is 161 cm³/mol. The highest BCUT2D eigenvalue weighted by atomic mass is 32.1. The third-order valence-electron chi connectivity index (χ3n) is 7.27. The van der Waals surface area contributed by atoms with E-state index in [1.807, 2.05) is 31.2 Å². The minimum atomic E-state index is -0.570. The van der Waals surface area contributed by atoms with E-state index in [0.717, 1.165) is 64.7 Å². The normalized spacial score (nSPS) is 13.8. The third-order valence-corrected chi connectivity index (χ3v) is 9.67. The molecule has 2 heterocycles. The number of thiophene rings is 2. The van der Waals surface area contributed by atoms with Crippen LogP contribution in [-0.4, -0.2) is 30.6 Å². The Bertz CT molecular complexity index is 1540. The van der Waals surface area contributed by atoms with Crippen molar-refractivity contribution in [3.05, 3.63) is 86.1 Å². The van der Waals surface area contributed by atoms with Gasteiger partial charge in [-0.1, -0.05) is 54.4 Å². The van der Waals surface area contributed by atoms with Crippen LogP contribution < -0.4 is 5.32 Å². The maximum atomic E-state index is 13.8. The highest BCUT2D eigenvalue weighted by Crippen LogP contribution is 2.38. The molecule has 0 radical (unpaired) electrons. The molecule has 1 N–H and O–H groups in total. The molecule has 6 nitrogen and oxygen atoms in total. The van der Waals surface area contributed by atoms with E-state index in [1.54, 1.807) is 13.8 Å². The first-order valence-corrected chi connectivity index (χ1v) is 15.4. The molecule has 1 aliphatic rings. The number of amides is 1. The number of carbonyl (C=O) groups is 3. The van der Waals surface area contributed by atoms with Crippen molar-refractivity contribution in [1.82, 2.24) is 0 Å². The van der Waals surface area contributed by atoms with Crippen LogP contribution in [0.4, 0.5) is 5.00 Å². The molecule has 0 unspecified atom stereocenters. The quantitative estimate of drug-likeness (QED) is 0.215. The number of hydrogen-bond acceptors (Lipinski definition) is 7. The van der Waals surface area contributed by atoms with E-state index in [0.29, 0.717) is 26.7 Å². The molecule has 4 aromatic rings. The van der Waals surface area contributed by atoms with Gasteiger partial charge in [0.1, 0.15) is 16.0 Å². The Kier molecular flexibility index (Phi) is 8.66. The van der Waals surface area contributed by atoms with Crippen molar-refractivity contribution in [3.8, 4) is 0 Å². The Labute approximate surface area is 242 Å². The van der Waals surface area contributed by atoms with E-state index < -0.39 is 11.9 Å². The molecule has 0 spiro atoms. The minimum Gasteiger partial charge on any atom is -0.462 e. The summed E-state index contributed by atoms with van der Waals surface area (Å²) in [5.74, 6) is -1.34. The first kappa shape index (κ1) is 28.1. The van der Waals surface area contributed by atoms with Crippen molar-refractivity contribution in [2.45, 2.75) is 65.4 Å². The Morgan fingerprint density at radius 3 is 2.35 bits per heavy atom. The number of fused-ring (bicyclic) bond motifs is 1. The van der Waals surface area contributed by atoms with E-state index in [2.05, 4.69) is 29.6 Å². The lowest BCUT2D eigenvalue weighted by atomic mass is 9.98. The van der Waals surface area contributed by atoms with E-state index in [1.165, 1.54) is 16.9 Å². The van der Waals surface area contributed by atoms with Crippen LogP contribution in [0.25, 0.3) is 10.1 Å². The van der Waals surface area contributed by atoms with Crippen LogP contribution in [-0.2, 0) is 15.9 Å². The van der Waals surface area contributed by atoms with Gasteiger partial charge in [-0.2, -0.15) is 0 Å². The van der Waals surface area contributed by atoms with Gasteiger partial charge in [0.25, 0.3) is 5.91 Å². The molecule has 1 fully saturated rings. The number of aryl methyl sites for hydroxylation is 1. The molecule has 40 heavy (non-hydrogen) atoms. The van der Waals surface area contributed by atoms with Crippen LogP contribution in [0.1, 0.15) is 91.0 Å². The number of benzene rings is 2. The zero-order valence-corrected chi connectivity index (χ0v) is 24.6. The monoisotopic (exact) mass is 575 g/mol. The molecule has 5 rings (SSSR count). The number of anilines is 1. The minimum absolute atomic E-state index is 0.116. The summed E-state index contributed by atoms with van der Waals surface area (Å²) >= 11 is 2.50. The molecule has 2 aromatic carbocycles. The summed E-state index contributed by atoms with van der Waals surface area (Å²) in [6.45, 7) is 5.66. The van der Waals surface area contributed by atoms with Crippen LogP contribution >= 0.6 is 22.7 Å². The average Bonchev–Trinajstić information content (AvgIpc) is 3.48. The molecule has 8 heteroatoms. The molecule has 1 amide bonds. The van der Waals surface area contributed by atoms with Gasteiger partial charge in [-0.15, -0.1) is 22.7 Å². The van der Waals surface area contributed by atoms with Crippen molar-refractivity contribution < 1.29 is 23.9 Å². The lowest BCUT2D eigenvalue weighted by molar-refractivity contribution is 0.0216. The topological polar surface area (TPSA) is 81.7 Å². The molecule has 0 bridgehead atoms. The Balaban J connectivity index is 1.48. The van der Waals surface area contributed by atoms with E-state index in [9.17, 15) is 14.4 Å². The molecular weight excluding hydrogens is 542 g/mol. The van der Waals surface area contributed by atoms with Crippen LogP contribution in [0.15, 0.2) is 48.5 Å². The molecule has 0 atom stereocenters. The Hall–Kier alpha value is -3.49. The van der Waals surface area contributed by atoms with Crippen molar-refractivity contribution in [2.75, 3.05) is 11.9 Å². The van der Waals surface area contributed by atoms with Gasteiger partial charge in [0.15, 0.2) is 0 Å². The third kappa shape index (κ3) is 5.98. The molecule has 1 aliphatic carbocycles. The maximum Gasteiger partial charge on any atom is 0.348 e. The Morgan fingerprint density at radius 1 is 0.900 bits per heavy atom. The fraction of sp³-hybridized carbons (Fsp3) is 0.344. The zero-order chi connectivity index (χ0) is 28.2. The highest BCUT2D eigenvalue weighted by molar-refractivity contribution is 7.21. The molecule has 0 aliphatic heterocycles. The molecule has 208 valence electrons. The van der Waals surface area contributed by atoms with Gasteiger partial charge in [-0.3, -0.25) is 4.79 Å². The number of hydrogen-bond donors (Lipinski definition) is 1. The molecule has 2 aromatic heterocycles. The fourth-order valence-electron chi connectivity index (χ4n) is 5.16. The zero-order valence-electron chi connectivity index (χ0n) is 23.0. The summed E-state index contributed by atoms with van der Waals surface area (Å²) in [6.07, 6.45) is 5.40. The van der Waals surface area contributed by atoms with Gasteiger partial charge in [-0.25, -0.2) is 9.59 Å². The SMILES string of the molecule is CCOC(=O)c1c(NC(=O)c2sc3ccccc3c2Cc2ccc(C)cc2)sc(C(=O)OC2CCCCC2)c1C. The summed E-state index contributed by atoms with van der Waals surface area (Å²) in [7, 11) is 0. The van der Waals surface area contributed by atoms with Crippen molar-refractivity contribution in [1.29, 1.82) is 0 Å². The first-order valence-electron chi connectivity index (χ1n) is 13.7. The van der Waals surface area contributed by atoms with Crippen LogP contribution in [0.3, 0.4) is 0 Å². The average molecular weight is 576 g/mol. The number of nitrogens with one attached hydrogen (secondary N) is 1. The number of carbonyl (C=O) groups excluding carboxylic acids is 3. The van der Waals surface area contributed by atoms with E-state index >= 15 is 0 Å². The van der Waals surface area contributed by atoms with Gasteiger partial charge >= 0.3 is 11.9 Å². The molecular formula is C32H33NO5S2. The van der Waals surface area contributed by atoms with E-state index in [4.69, 9.17) is 9.47 Å². The summed E-state index contributed by atoms with van der Waals surface area (Å²) in [5.41, 5.74) is 3.89.